The van der Waals surface area contributed by atoms with Gasteiger partial charge in [0.15, 0.2) is 0 Å². The Kier molecular flexibility index (Phi) is 6.00. The van der Waals surface area contributed by atoms with E-state index >= 15 is 0 Å². The Morgan fingerprint density at radius 3 is 2.15 bits per heavy atom. The minimum Gasteiger partial charge on any atom is -0.320 e. The van der Waals surface area contributed by atoms with Gasteiger partial charge in [-0.2, -0.15) is 5.10 Å². The molecule has 4 rings (SSSR count). The van der Waals surface area contributed by atoms with Crippen LogP contribution in [0, 0.1) is 6.07 Å². The van der Waals surface area contributed by atoms with Gasteiger partial charge in [0.2, 0.25) is 0 Å². The molecule has 0 atom stereocenters. The smallest absolute Gasteiger partial charge is 0.131 e. The first-order valence-electron chi connectivity index (χ1n) is 8.82. The van der Waals surface area contributed by atoms with E-state index in [0.717, 1.165) is 28.5 Å². The van der Waals surface area contributed by atoms with E-state index in [-0.39, 0.29) is 26.0 Å². The summed E-state index contributed by atoms with van der Waals surface area (Å²) in [7, 11) is 0. The molecule has 0 saturated carbocycles. The average Bonchev–Trinajstić information content (AvgIpc) is 3.15. The number of benzene rings is 3. The second-order valence-corrected chi connectivity index (χ2v) is 6.56. The van der Waals surface area contributed by atoms with Crippen LogP contribution in [0.1, 0.15) is 25.6 Å². The van der Waals surface area contributed by atoms with Gasteiger partial charge in [-0.25, -0.2) is 0 Å². The third-order valence-electron chi connectivity index (χ3n) is 4.37. The van der Waals surface area contributed by atoms with E-state index in [9.17, 15) is 0 Å². The van der Waals surface area contributed by atoms with Crippen molar-refractivity contribution in [1.82, 2.24) is 14.8 Å². The minimum atomic E-state index is 0. The van der Waals surface area contributed by atoms with E-state index in [1.165, 1.54) is 5.56 Å². The van der Waals surface area contributed by atoms with Gasteiger partial charge in [0.05, 0.1) is 5.82 Å². The van der Waals surface area contributed by atoms with E-state index in [1.54, 1.807) is 0 Å². The largest absolute Gasteiger partial charge is 0.320 e. The molecule has 1 heterocycles. The third-order valence-corrected chi connectivity index (χ3v) is 4.37. The predicted molar refractivity (Wildman–Crippen MR) is 105 cm³/mol. The molecule has 0 saturated heterocycles. The van der Waals surface area contributed by atoms with Crippen molar-refractivity contribution in [2.45, 2.75) is 19.8 Å². The van der Waals surface area contributed by atoms with Crippen molar-refractivity contribution in [1.29, 1.82) is 0 Å². The molecule has 0 N–H and O–H groups in total. The van der Waals surface area contributed by atoms with Gasteiger partial charge in [0.25, 0.3) is 0 Å². The Balaban J connectivity index is 0.00000210. The normalized spacial score (nSPS) is 10.6. The molecule has 137 valence electrons. The Bertz CT molecular complexity index is 1010. The van der Waals surface area contributed by atoms with Gasteiger partial charge in [0.1, 0.15) is 5.82 Å². The molecule has 1 radical (unpaired) electrons. The van der Waals surface area contributed by atoms with E-state index in [1.807, 2.05) is 30.3 Å². The molecule has 0 aliphatic heterocycles. The number of hydrogen-bond donors (Lipinski definition) is 0. The van der Waals surface area contributed by atoms with Gasteiger partial charge >= 0.3 is 0 Å². The van der Waals surface area contributed by atoms with Crippen LogP contribution in [0.15, 0.2) is 78.9 Å². The van der Waals surface area contributed by atoms with Crippen molar-refractivity contribution in [3.05, 3.63) is 90.8 Å². The second-order valence-electron chi connectivity index (χ2n) is 6.56. The van der Waals surface area contributed by atoms with Crippen molar-refractivity contribution >= 4 is 0 Å². The second kappa shape index (κ2) is 8.43. The average molecular weight is 531 g/mol. The maximum absolute atomic E-state index is 4.50. The van der Waals surface area contributed by atoms with E-state index in [4.69, 9.17) is 0 Å². The van der Waals surface area contributed by atoms with Gasteiger partial charge in [-0.1, -0.05) is 62.4 Å². The van der Waals surface area contributed by atoms with Crippen LogP contribution in [0.3, 0.4) is 0 Å². The summed E-state index contributed by atoms with van der Waals surface area (Å²) in [5.74, 6) is 2.04. The number of para-hydroxylation sites is 1. The molecule has 3 nitrogen and oxygen atoms in total. The topological polar surface area (TPSA) is 30.7 Å². The fraction of sp³-hybridized carbons (Fsp3) is 0.130. The van der Waals surface area contributed by atoms with Gasteiger partial charge < -0.3 is 4.57 Å². The van der Waals surface area contributed by atoms with Crippen LogP contribution in [-0.4, -0.2) is 14.8 Å². The van der Waals surface area contributed by atoms with E-state index in [2.05, 4.69) is 83.2 Å². The summed E-state index contributed by atoms with van der Waals surface area (Å²) in [5, 5.41) is 8.96. The minimum absolute atomic E-state index is 0. The fourth-order valence-corrected chi connectivity index (χ4v) is 3.08. The third kappa shape index (κ3) is 3.92. The molecule has 0 bridgehead atoms. The summed E-state index contributed by atoms with van der Waals surface area (Å²) in [5.41, 5.74) is 4.33. The Morgan fingerprint density at radius 1 is 0.815 bits per heavy atom. The first-order chi connectivity index (χ1) is 12.7. The summed E-state index contributed by atoms with van der Waals surface area (Å²) in [6.45, 7) is 4.27. The molecule has 0 aliphatic rings. The number of rotatable bonds is 4. The van der Waals surface area contributed by atoms with Gasteiger partial charge in [-0.15, -0.1) is 40.5 Å². The molecule has 0 amide bonds. The van der Waals surface area contributed by atoms with Crippen molar-refractivity contribution in [3.8, 4) is 28.2 Å². The van der Waals surface area contributed by atoms with Gasteiger partial charge in [-0.05, 0) is 17.7 Å². The summed E-state index contributed by atoms with van der Waals surface area (Å²) >= 11 is 0. The van der Waals surface area contributed by atoms with Crippen LogP contribution >= 0.6 is 0 Å². The van der Waals surface area contributed by atoms with E-state index < -0.39 is 0 Å². The molecule has 0 aliphatic carbocycles. The Morgan fingerprint density at radius 2 is 1.48 bits per heavy atom. The molecule has 0 unspecified atom stereocenters. The quantitative estimate of drug-likeness (QED) is 0.325. The molecule has 4 aromatic rings. The first kappa shape index (κ1) is 19.2. The number of aromatic nitrogens is 3. The van der Waals surface area contributed by atoms with E-state index in [0.29, 0.717) is 0 Å². The van der Waals surface area contributed by atoms with Crippen LogP contribution in [0.5, 0.6) is 0 Å². The van der Waals surface area contributed by atoms with Crippen molar-refractivity contribution < 1.29 is 20.1 Å². The zero-order valence-electron chi connectivity index (χ0n) is 15.3. The molecule has 0 fully saturated rings. The molecule has 27 heavy (non-hydrogen) atoms. The zero-order chi connectivity index (χ0) is 17.9. The van der Waals surface area contributed by atoms with Crippen LogP contribution in [0.2, 0.25) is 0 Å². The van der Waals surface area contributed by atoms with Gasteiger partial charge in [0, 0.05) is 31.7 Å². The zero-order valence-corrected chi connectivity index (χ0v) is 17.7. The number of hydrogen-bond acceptors (Lipinski definition) is 2. The van der Waals surface area contributed by atoms with Crippen molar-refractivity contribution in [2.75, 3.05) is 0 Å². The predicted octanol–water partition coefficient (Wildman–Crippen LogP) is 5.52. The first-order valence-corrected chi connectivity index (χ1v) is 8.82. The van der Waals surface area contributed by atoms with Crippen molar-refractivity contribution in [3.63, 3.8) is 0 Å². The van der Waals surface area contributed by atoms with Crippen LogP contribution in [-0.2, 0) is 20.1 Å². The monoisotopic (exact) mass is 531 g/mol. The summed E-state index contributed by atoms with van der Waals surface area (Å²) in [6, 6.07) is 30.1. The van der Waals surface area contributed by atoms with Crippen LogP contribution in [0.4, 0.5) is 0 Å². The maximum Gasteiger partial charge on any atom is 0.131 e. The molecule has 4 heteroatoms. The Hall–Kier alpha value is -2.55. The number of nitrogens with zero attached hydrogens (tertiary/aromatic N) is 3. The standard InChI is InChI=1S/C23H20N3.Ir/c1-17(2)22-24-25-23(26(22)21-14-7-4-8-15-21)20-13-9-12-19(16-20)18-10-5-3-6-11-18;/h3-12,14-17H,1-2H3;/q-1;. The molecule has 3 aromatic carbocycles. The van der Waals surface area contributed by atoms with Crippen LogP contribution in [0.25, 0.3) is 28.2 Å². The summed E-state index contributed by atoms with van der Waals surface area (Å²) < 4.78 is 2.13. The molecule has 1 aromatic heterocycles. The molecular weight excluding hydrogens is 510 g/mol. The molecule has 0 spiro atoms. The van der Waals surface area contributed by atoms with Crippen molar-refractivity contribution in [2.24, 2.45) is 0 Å². The molecular formula is C23H20IrN3-. The summed E-state index contributed by atoms with van der Waals surface area (Å²) in [4.78, 5) is 0. The van der Waals surface area contributed by atoms with Gasteiger partial charge in [-0.3, -0.25) is 0 Å². The van der Waals surface area contributed by atoms with Crippen LogP contribution < -0.4 is 0 Å². The maximum atomic E-state index is 4.50. The fourth-order valence-electron chi connectivity index (χ4n) is 3.08. The SMILES string of the molecule is CC(C)c1nnc(-c2[c-]ccc(-c3ccccc3)c2)n1-c1ccccc1.[Ir]. The Labute approximate surface area is 173 Å². The summed E-state index contributed by atoms with van der Waals surface area (Å²) in [6.07, 6.45) is 0.